The van der Waals surface area contributed by atoms with E-state index in [4.69, 9.17) is 0 Å². The van der Waals surface area contributed by atoms with Crippen LogP contribution >= 0.6 is 24.2 Å². The van der Waals surface area contributed by atoms with Crippen molar-refractivity contribution < 1.29 is 4.79 Å². The number of hydrogen-bond acceptors (Lipinski definition) is 2. The second-order valence-electron chi connectivity index (χ2n) is 1.76. The van der Waals surface area contributed by atoms with Gasteiger partial charge in [-0.3, -0.25) is 4.79 Å². The number of carbonyl (C=O) groups is 1. The summed E-state index contributed by atoms with van der Waals surface area (Å²) in [4.78, 5) is 10.6. The van der Waals surface area contributed by atoms with E-state index in [1.54, 1.807) is 11.8 Å². The Hall–Kier alpha value is 0.110. The van der Waals surface area contributed by atoms with Crippen molar-refractivity contribution in [2.75, 3.05) is 18.1 Å². The van der Waals surface area contributed by atoms with Crippen LogP contribution in [0.4, 0.5) is 0 Å². The summed E-state index contributed by atoms with van der Waals surface area (Å²) in [6, 6.07) is 0. The summed E-state index contributed by atoms with van der Waals surface area (Å²) in [5.41, 5.74) is 0. The molecule has 0 aromatic carbocycles. The maximum absolute atomic E-state index is 10.6. The molecule has 0 saturated carbocycles. The van der Waals surface area contributed by atoms with Gasteiger partial charge in [-0.1, -0.05) is 0 Å². The molecule has 0 radical (unpaired) electrons. The molecule has 0 aliphatic carbocycles. The molecule has 1 aliphatic heterocycles. The molecule has 1 amide bonds. The van der Waals surface area contributed by atoms with Crippen LogP contribution in [0, 0.1) is 0 Å². The van der Waals surface area contributed by atoms with Gasteiger partial charge in [-0.2, -0.15) is 11.8 Å². The minimum absolute atomic E-state index is 0. The van der Waals surface area contributed by atoms with Crippen molar-refractivity contribution in [2.24, 2.45) is 0 Å². The fourth-order valence-corrected chi connectivity index (χ4v) is 1.40. The highest BCUT2D eigenvalue weighted by Gasteiger charge is 2.03. The number of thioether (sulfide) groups is 1. The van der Waals surface area contributed by atoms with E-state index in [2.05, 4.69) is 5.32 Å². The zero-order chi connectivity index (χ0) is 5.82. The Morgan fingerprint density at radius 2 is 2.33 bits per heavy atom. The first-order valence-electron chi connectivity index (χ1n) is 2.74. The number of carbonyl (C=O) groups excluding carboxylic acids is 1. The first-order valence-corrected chi connectivity index (χ1v) is 3.89. The molecule has 4 heteroatoms. The van der Waals surface area contributed by atoms with Crippen LogP contribution in [-0.2, 0) is 4.79 Å². The van der Waals surface area contributed by atoms with E-state index >= 15 is 0 Å². The second-order valence-corrected chi connectivity index (χ2v) is 2.86. The molecule has 0 aromatic rings. The van der Waals surface area contributed by atoms with E-state index in [1.165, 1.54) is 0 Å². The maximum atomic E-state index is 10.6. The summed E-state index contributed by atoms with van der Waals surface area (Å²) in [6.07, 6.45) is 1.12. The van der Waals surface area contributed by atoms with Crippen LogP contribution in [0.1, 0.15) is 6.42 Å². The average Bonchev–Trinajstić information content (AvgIpc) is 1.94. The van der Waals surface area contributed by atoms with Crippen LogP contribution in [0.2, 0.25) is 0 Å². The van der Waals surface area contributed by atoms with Crippen molar-refractivity contribution in [1.82, 2.24) is 5.32 Å². The lowest BCUT2D eigenvalue weighted by Gasteiger charge is -1.93. The van der Waals surface area contributed by atoms with E-state index in [9.17, 15) is 4.79 Å². The average molecular weight is 168 g/mol. The Balaban J connectivity index is 0.000000640. The molecule has 9 heavy (non-hydrogen) atoms. The van der Waals surface area contributed by atoms with E-state index in [0.717, 1.165) is 18.7 Å². The van der Waals surface area contributed by atoms with Gasteiger partial charge in [0.15, 0.2) is 0 Å². The van der Waals surface area contributed by atoms with Crippen molar-refractivity contribution in [3.63, 3.8) is 0 Å². The molecule has 0 aromatic heterocycles. The Morgan fingerprint density at radius 1 is 1.56 bits per heavy atom. The standard InChI is InChI=1S/C5H9NOS.ClH/c7-5-4-8-3-1-2-6-5;/h1-4H2,(H,6,7);1H. The third-order valence-electron chi connectivity index (χ3n) is 1.02. The number of nitrogens with one attached hydrogen (secondary N) is 1. The Labute approximate surface area is 65.2 Å². The predicted molar refractivity (Wildman–Crippen MR) is 42.2 cm³/mol. The molecule has 1 aliphatic rings. The quantitative estimate of drug-likeness (QED) is 0.575. The lowest BCUT2D eigenvalue weighted by molar-refractivity contribution is -0.118. The number of hydrogen-bond donors (Lipinski definition) is 1. The first kappa shape index (κ1) is 9.11. The highest BCUT2D eigenvalue weighted by molar-refractivity contribution is 7.99. The summed E-state index contributed by atoms with van der Waals surface area (Å²) in [5, 5.41) is 2.78. The summed E-state index contributed by atoms with van der Waals surface area (Å²) >= 11 is 1.71. The van der Waals surface area contributed by atoms with Gasteiger partial charge in [-0.15, -0.1) is 12.4 Å². The van der Waals surface area contributed by atoms with Gasteiger partial charge in [0.05, 0.1) is 5.75 Å². The number of amides is 1. The fraction of sp³-hybridized carbons (Fsp3) is 0.800. The Kier molecular flexibility index (Phi) is 5.00. The van der Waals surface area contributed by atoms with Gasteiger partial charge < -0.3 is 5.32 Å². The predicted octanol–water partition coefficient (Wildman–Crippen LogP) is 0.661. The molecule has 1 saturated heterocycles. The van der Waals surface area contributed by atoms with Crippen molar-refractivity contribution in [2.45, 2.75) is 6.42 Å². The Morgan fingerprint density at radius 3 is 3.11 bits per heavy atom. The van der Waals surface area contributed by atoms with E-state index in [0.29, 0.717) is 5.75 Å². The minimum atomic E-state index is 0. The van der Waals surface area contributed by atoms with Crippen molar-refractivity contribution in [1.29, 1.82) is 0 Å². The molecular formula is C5H10ClNOS. The highest BCUT2D eigenvalue weighted by atomic mass is 35.5. The summed E-state index contributed by atoms with van der Waals surface area (Å²) < 4.78 is 0. The number of halogens is 1. The van der Waals surface area contributed by atoms with Crippen LogP contribution in [-0.4, -0.2) is 24.0 Å². The summed E-state index contributed by atoms with van der Waals surface area (Å²) in [6.45, 7) is 0.867. The van der Waals surface area contributed by atoms with Crippen LogP contribution in [0.3, 0.4) is 0 Å². The topological polar surface area (TPSA) is 29.1 Å². The van der Waals surface area contributed by atoms with Gasteiger partial charge in [-0.25, -0.2) is 0 Å². The molecule has 1 rings (SSSR count). The van der Waals surface area contributed by atoms with Crippen molar-refractivity contribution >= 4 is 30.1 Å². The number of rotatable bonds is 0. The SMILES string of the molecule is Cl.O=C1CSCCCN1. The van der Waals surface area contributed by atoms with E-state index in [-0.39, 0.29) is 18.3 Å². The lowest BCUT2D eigenvalue weighted by Crippen LogP contribution is -2.23. The molecule has 0 bridgehead atoms. The van der Waals surface area contributed by atoms with Gasteiger partial charge in [0, 0.05) is 6.54 Å². The monoisotopic (exact) mass is 167 g/mol. The molecule has 1 N–H and O–H groups in total. The van der Waals surface area contributed by atoms with Crippen LogP contribution in [0.25, 0.3) is 0 Å². The molecular weight excluding hydrogens is 158 g/mol. The summed E-state index contributed by atoms with van der Waals surface area (Å²) in [7, 11) is 0. The van der Waals surface area contributed by atoms with Gasteiger partial charge >= 0.3 is 0 Å². The third-order valence-corrected chi connectivity index (χ3v) is 2.06. The second kappa shape index (κ2) is 4.94. The highest BCUT2D eigenvalue weighted by Crippen LogP contribution is 2.03. The van der Waals surface area contributed by atoms with Gasteiger partial charge in [0.2, 0.25) is 5.91 Å². The summed E-state index contributed by atoms with van der Waals surface area (Å²) in [5.74, 6) is 1.96. The smallest absolute Gasteiger partial charge is 0.229 e. The van der Waals surface area contributed by atoms with Gasteiger partial charge in [-0.05, 0) is 12.2 Å². The molecule has 0 atom stereocenters. The molecule has 0 spiro atoms. The minimum Gasteiger partial charge on any atom is -0.355 e. The molecule has 1 fully saturated rings. The third kappa shape index (κ3) is 3.65. The maximum Gasteiger partial charge on any atom is 0.229 e. The van der Waals surface area contributed by atoms with Gasteiger partial charge in [0.1, 0.15) is 0 Å². The largest absolute Gasteiger partial charge is 0.355 e. The Bertz CT molecular complexity index is 89.0. The lowest BCUT2D eigenvalue weighted by atomic mass is 10.5. The zero-order valence-electron chi connectivity index (χ0n) is 5.05. The normalized spacial score (nSPS) is 19.3. The van der Waals surface area contributed by atoms with Crippen LogP contribution in [0.15, 0.2) is 0 Å². The molecule has 1 heterocycles. The molecule has 0 unspecified atom stereocenters. The van der Waals surface area contributed by atoms with Crippen LogP contribution < -0.4 is 5.32 Å². The zero-order valence-corrected chi connectivity index (χ0v) is 6.69. The van der Waals surface area contributed by atoms with E-state index in [1.807, 2.05) is 0 Å². The van der Waals surface area contributed by atoms with E-state index < -0.39 is 0 Å². The molecule has 2 nitrogen and oxygen atoms in total. The molecule has 54 valence electrons. The van der Waals surface area contributed by atoms with Crippen LogP contribution in [0.5, 0.6) is 0 Å². The van der Waals surface area contributed by atoms with Crippen molar-refractivity contribution in [3.05, 3.63) is 0 Å². The first-order chi connectivity index (χ1) is 3.89. The van der Waals surface area contributed by atoms with Gasteiger partial charge in [0.25, 0.3) is 0 Å². The fourth-order valence-electron chi connectivity index (χ4n) is 0.618. The van der Waals surface area contributed by atoms with Crippen molar-refractivity contribution in [3.8, 4) is 0 Å².